The SMILES string of the molecule is O=[N+]([O-])c1ccc(NCc2ccncn2)c2nonc12. The average molecular weight is 272 g/mol. The molecule has 100 valence electrons. The Kier molecular flexibility index (Phi) is 2.92. The van der Waals surface area contributed by atoms with Crippen LogP contribution in [0.25, 0.3) is 11.0 Å². The summed E-state index contributed by atoms with van der Waals surface area (Å²) < 4.78 is 4.58. The summed E-state index contributed by atoms with van der Waals surface area (Å²) in [6.07, 6.45) is 3.08. The highest BCUT2D eigenvalue weighted by Crippen LogP contribution is 2.28. The van der Waals surface area contributed by atoms with Gasteiger partial charge < -0.3 is 5.32 Å². The van der Waals surface area contributed by atoms with Gasteiger partial charge in [0.05, 0.1) is 22.8 Å². The Labute approximate surface area is 111 Å². The highest BCUT2D eigenvalue weighted by molar-refractivity contribution is 5.93. The van der Waals surface area contributed by atoms with Gasteiger partial charge in [-0.3, -0.25) is 10.1 Å². The second kappa shape index (κ2) is 4.88. The van der Waals surface area contributed by atoms with Crippen molar-refractivity contribution >= 4 is 22.4 Å². The van der Waals surface area contributed by atoms with Gasteiger partial charge in [0.2, 0.25) is 5.52 Å². The van der Waals surface area contributed by atoms with Crippen LogP contribution in [0.3, 0.4) is 0 Å². The molecule has 1 aromatic carbocycles. The fraction of sp³-hybridized carbons (Fsp3) is 0.0909. The van der Waals surface area contributed by atoms with Crippen LogP contribution < -0.4 is 5.32 Å². The number of non-ortho nitro benzene ring substituents is 1. The highest BCUT2D eigenvalue weighted by Gasteiger charge is 2.19. The van der Waals surface area contributed by atoms with E-state index in [9.17, 15) is 10.1 Å². The van der Waals surface area contributed by atoms with Gasteiger partial charge in [-0.2, -0.15) is 0 Å². The van der Waals surface area contributed by atoms with Gasteiger partial charge in [0, 0.05) is 12.3 Å². The molecule has 0 aliphatic heterocycles. The topological polar surface area (TPSA) is 120 Å². The molecule has 1 N–H and O–H groups in total. The van der Waals surface area contributed by atoms with Gasteiger partial charge in [-0.25, -0.2) is 14.6 Å². The van der Waals surface area contributed by atoms with Gasteiger partial charge in [0.1, 0.15) is 6.33 Å². The summed E-state index contributed by atoms with van der Waals surface area (Å²) in [5, 5.41) is 21.2. The van der Waals surface area contributed by atoms with Gasteiger partial charge >= 0.3 is 5.69 Å². The summed E-state index contributed by atoms with van der Waals surface area (Å²) in [7, 11) is 0. The zero-order valence-electron chi connectivity index (χ0n) is 10.1. The van der Waals surface area contributed by atoms with Crippen molar-refractivity contribution in [2.24, 2.45) is 0 Å². The largest absolute Gasteiger partial charge is 0.377 e. The van der Waals surface area contributed by atoms with Gasteiger partial charge in [0.15, 0.2) is 5.52 Å². The Hall–Kier alpha value is -3.10. The van der Waals surface area contributed by atoms with E-state index in [1.54, 1.807) is 18.3 Å². The Morgan fingerprint density at radius 2 is 2.10 bits per heavy atom. The number of aromatic nitrogens is 4. The number of nitro groups is 1. The van der Waals surface area contributed by atoms with Crippen molar-refractivity contribution in [2.45, 2.75) is 6.54 Å². The van der Waals surface area contributed by atoms with Crippen LogP contribution in [0.5, 0.6) is 0 Å². The van der Waals surface area contributed by atoms with Gasteiger partial charge in [0.25, 0.3) is 0 Å². The molecule has 3 rings (SSSR count). The van der Waals surface area contributed by atoms with Crippen LogP contribution in [0.15, 0.2) is 35.4 Å². The van der Waals surface area contributed by atoms with E-state index in [0.29, 0.717) is 17.7 Å². The summed E-state index contributed by atoms with van der Waals surface area (Å²) in [6.45, 7) is 0.433. The van der Waals surface area contributed by atoms with Crippen molar-refractivity contribution in [1.82, 2.24) is 20.3 Å². The highest BCUT2D eigenvalue weighted by atomic mass is 16.6. The Morgan fingerprint density at radius 1 is 1.25 bits per heavy atom. The van der Waals surface area contributed by atoms with Crippen molar-refractivity contribution in [2.75, 3.05) is 5.32 Å². The first-order chi connectivity index (χ1) is 9.75. The first-order valence-corrected chi connectivity index (χ1v) is 5.64. The molecular formula is C11H8N6O3. The van der Waals surface area contributed by atoms with E-state index in [0.717, 1.165) is 5.69 Å². The van der Waals surface area contributed by atoms with Crippen LogP contribution in [-0.2, 0) is 6.54 Å². The van der Waals surface area contributed by atoms with E-state index in [2.05, 4.69) is 30.2 Å². The van der Waals surface area contributed by atoms with E-state index in [-0.39, 0.29) is 11.2 Å². The summed E-state index contributed by atoms with van der Waals surface area (Å²) in [6, 6.07) is 4.68. The number of hydrogen-bond acceptors (Lipinski definition) is 8. The number of hydrogen-bond donors (Lipinski definition) is 1. The Balaban J connectivity index is 1.91. The average Bonchev–Trinajstić information content (AvgIpc) is 2.95. The summed E-state index contributed by atoms with van der Waals surface area (Å²) >= 11 is 0. The van der Waals surface area contributed by atoms with E-state index in [1.807, 2.05) is 0 Å². The van der Waals surface area contributed by atoms with Crippen LogP contribution in [0, 0.1) is 10.1 Å². The van der Waals surface area contributed by atoms with Crippen LogP contribution in [-0.4, -0.2) is 25.2 Å². The van der Waals surface area contributed by atoms with Gasteiger partial charge in [-0.15, -0.1) is 0 Å². The maximum Gasteiger partial charge on any atom is 0.300 e. The van der Waals surface area contributed by atoms with E-state index in [4.69, 9.17) is 0 Å². The quantitative estimate of drug-likeness (QED) is 0.560. The smallest absolute Gasteiger partial charge is 0.300 e. The number of anilines is 1. The number of fused-ring (bicyclic) bond motifs is 1. The third-order valence-corrected chi connectivity index (χ3v) is 2.69. The van der Waals surface area contributed by atoms with Gasteiger partial charge in [-0.1, -0.05) is 0 Å². The first kappa shape index (κ1) is 12.0. The molecule has 3 aromatic rings. The Bertz CT molecular complexity index is 757. The second-order valence-electron chi connectivity index (χ2n) is 3.91. The van der Waals surface area contributed by atoms with Crippen molar-refractivity contribution < 1.29 is 9.55 Å². The molecule has 0 fully saturated rings. The minimum Gasteiger partial charge on any atom is -0.377 e. The van der Waals surface area contributed by atoms with Crippen LogP contribution in [0.2, 0.25) is 0 Å². The zero-order chi connectivity index (χ0) is 13.9. The first-order valence-electron chi connectivity index (χ1n) is 5.64. The normalized spacial score (nSPS) is 10.6. The molecule has 0 saturated carbocycles. The fourth-order valence-corrected chi connectivity index (χ4v) is 1.75. The predicted molar refractivity (Wildman–Crippen MR) is 67.8 cm³/mol. The minimum atomic E-state index is -0.527. The molecular weight excluding hydrogens is 264 g/mol. The summed E-state index contributed by atoms with van der Waals surface area (Å²) in [5.41, 5.74) is 1.65. The molecule has 0 unspecified atom stereocenters. The van der Waals surface area contributed by atoms with Crippen molar-refractivity contribution in [3.8, 4) is 0 Å². The minimum absolute atomic E-state index is 0.114. The molecule has 0 radical (unpaired) electrons. The molecule has 0 aliphatic rings. The second-order valence-corrected chi connectivity index (χ2v) is 3.91. The molecule has 0 bridgehead atoms. The number of nitrogens with zero attached hydrogens (tertiary/aromatic N) is 5. The molecule has 0 spiro atoms. The van der Waals surface area contributed by atoms with E-state index in [1.165, 1.54) is 12.4 Å². The van der Waals surface area contributed by atoms with E-state index >= 15 is 0 Å². The monoisotopic (exact) mass is 272 g/mol. The van der Waals surface area contributed by atoms with Crippen molar-refractivity contribution in [3.63, 3.8) is 0 Å². The molecule has 9 heteroatoms. The molecule has 0 saturated heterocycles. The lowest BCUT2D eigenvalue weighted by atomic mass is 10.2. The number of benzene rings is 1. The zero-order valence-corrected chi connectivity index (χ0v) is 10.1. The molecule has 9 nitrogen and oxygen atoms in total. The molecule has 0 atom stereocenters. The molecule has 0 aliphatic carbocycles. The predicted octanol–water partition coefficient (Wildman–Crippen LogP) is 1.53. The van der Waals surface area contributed by atoms with Crippen LogP contribution >= 0.6 is 0 Å². The fourth-order valence-electron chi connectivity index (χ4n) is 1.75. The van der Waals surface area contributed by atoms with Crippen molar-refractivity contribution in [1.29, 1.82) is 0 Å². The van der Waals surface area contributed by atoms with Crippen LogP contribution in [0.4, 0.5) is 11.4 Å². The summed E-state index contributed by atoms with van der Waals surface area (Å²) in [5.74, 6) is 0. The molecule has 2 heterocycles. The van der Waals surface area contributed by atoms with Crippen molar-refractivity contribution in [3.05, 3.63) is 46.5 Å². The molecule has 2 aromatic heterocycles. The maximum atomic E-state index is 10.9. The molecule has 0 amide bonds. The number of rotatable bonds is 4. The summed E-state index contributed by atoms with van der Waals surface area (Å²) in [4.78, 5) is 18.2. The van der Waals surface area contributed by atoms with E-state index < -0.39 is 4.92 Å². The lowest BCUT2D eigenvalue weighted by Gasteiger charge is -2.05. The lowest BCUT2D eigenvalue weighted by Crippen LogP contribution is -2.02. The number of nitrogens with one attached hydrogen (secondary N) is 1. The Morgan fingerprint density at radius 3 is 2.85 bits per heavy atom. The third kappa shape index (κ3) is 2.11. The number of nitro benzene ring substituents is 1. The van der Waals surface area contributed by atoms with Crippen LogP contribution in [0.1, 0.15) is 5.69 Å². The molecule has 20 heavy (non-hydrogen) atoms. The van der Waals surface area contributed by atoms with Gasteiger partial charge in [-0.05, 0) is 22.4 Å². The standard InChI is InChI=1S/C11H8N6O3/c18-17(19)9-2-1-8(10-11(9)16-20-15-10)13-5-7-3-4-12-6-14-7/h1-4,6,13H,5H2. The third-order valence-electron chi connectivity index (χ3n) is 2.69. The lowest BCUT2D eigenvalue weighted by molar-refractivity contribution is -0.383. The maximum absolute atomic E-state index is 10.9.